The van der Waals surface area contributed by atoms with Crippen molar-refractivity contribution in [3.8, 4) is 0 Å². The van der Waals surface area contributed by atoms with Gasteiger partial charge in [-0.3, -0.25) is 4.90 Å². The normalized spacial score (nSPS) is 39.0. The van der Waals surface area contributed by atoms with Crippen LogP contribution in [0, 0.1) is 0 Å². The highest BCUT2D eigenvalue weighted by molar-refractivity contribution is 5.01. The van der Waals surface area contributed by atoms with E-state index < -0.39 is 0 Å². The van der Waals surface area contributed by atoms with Crippen LogP contribution in [-0.4, -0.2) is 42.3 Å². The second kappa shape index (κ2) is 3.23. The van der Waals surface area contributed by atoms with E-state index in [9.17, 15) is 0 Å². The first kappa shape index (κ1) is 9.44. The Hall–Kier alpha value is -0.120. The highest BCUT2D eigenvalue weighted by atomic mass is 16.5. The smallest absolute Gasteiger partial charge is 0.0678 e. The molecule has 1 saturated heterocycles. The minimum absolute atomic E-state index is 0.150. The SMILES string of the molecule is CC1CN(CC2(N)CC2)CC(C)O1. The van der Waals surface area contributed by atoms with Crippen LogP contribution in [0.4, 0.5) is 0 Å². The van der Waals surface area contributed by atoms with Gasteiger partial charge >= 0.3 is 0 Å². The first-order valence-corrected chi connectivity index (χ1v) is 5.24. The summed E-state index contributed by atoms with van der Waals surface area (Å²) in [7, 11) is 0. The van der Waals surface area contributed by atoms with Crippen LogP contribution in [0.25, 0.3) is 0 Å². The maximum Gasteiger partial charge on any atom is 0.0678 e. The van der Waals surface area contributed by atoms with Gasteiger partial charge in [0.1, 0.15) is 0 Å². The van der Waals surface area contributed by atoms with Crippen molar-refractivity contribution in [3.63, 3.8) is 0 Å². The Labute approximate surface area is 80.2 Å². The molecule has 3 nitrogen and oxygen atoms in total. The number of hydrogen-bond acceptors (Lipinski definition) is 3. The molecule has 76 valence electrons. The van der Waals surface area contributed by atoms with Gasteiger partial charge in [-0.25, -0.2) is 0 Å². The summed E-state index contributed by atoms with van der Waals surface area (Å²) in [6, 6.07) is 0. The molecule has 0 aromatic heterocycles. The van der Waals surface area contributed by atoms with Gasteiger partial charge in [-0.1, -0.05) is 0 Å². The Kier molecular flexibility index (Phi) is 2.34. The molecule has 1 aliphatic carbocycles. The Bertz CT molecular complexity index is 181. The first-order chi connectivity index (χ1) is 6.07. The molecule has 0 bridgehead atoms. The molecule has 0 aromatic carbocycles. The van der Waals surface area contributed by atoms with Crippen molar-refractivity contribution in [2.75, 3.05) is 19.6 Å². The number of nitrogens with zero attached hydrogens (tertiary/aromatic N) is 1. The molecule has 2 N–H and O–H groups in total. The minimum Gasteiger partial charge on any atom is -0.373 e. The molecule has 13 heavy (non-hydrogen) atoms. The number of rotatable bonds is 2. The van der Waals surface area contributed by atoms with E-state index in [1.807, 2.05) is 0 Å². The van der Waals surface area contributed by atoms with E-state index >= 15 is 0 Å². The number of hydrogen-bond donors (Lipinski definition) is 1. The Morgan fingerprint density at radius 1 is 1.31 bits per heavy atom. The summed E-state index contributed by atoms with van der Waals surface area (Å²) in [6.45, 7) is 7.43. The van der Waals surface area contributed by atoms with Gasteiger partial charge in [0.15, 0.2) is 0 Å². The zero-order valence-electron chi connectivity index (χ0n) is 8.62. The second-order valence-electron chi connectivity index (χ2n) is 4.81. The average Bonchev–Trinajstić information content (AvgIpc) is 2.64. The van der Waals surface area contributed by atoms with Gasteiger partial charge in [0.05, 0.1) is 12.2 Å². The van der Waals surface area contributed by atoms with Crippen LogP contribution in [0.3, 0.4) is 0 Å². The molecule has 3 heteroatoms. The molecule has 1 aliphatic heterocycles. The van der Waals surface area contributed by atoms with Crippen molar-refractivity contribution >= 4 is 0 Å². The van der Waals surface area contributed by atoms with Gasteiger partial charge in [0.2, 0.25) is 0 Å². The van der Waals surface area contributed by atoms with Crippen LogP contribution in [0.2, 0.25) is 0 Å². The number of ether oxygens (including phenoxy) is 1. The standard InChI is InChI=1S/C10H20N2O/c1-8-5-12(6-9(2)13-8)7-10(11)3-4-10/h8-9H,3-7,11H2,1-2H3. The molecule has 2 rings (SSSR count). The predicted molar refractivity (Wildman–Crippen MR) is 52.6 cm³/mol. The van der Waals surface area contributed by atoms with Crippen molar-refractivity contribution in [1.29, 1.82) is 0 Å². The Balaban J connectivity index is 1.84. The fraction of sp³-hybridized carbons (Fsp3) is 1.00. The molecule has 2 atom stereocenters. The fourth-order valence-corrected chi connectivity index (χ4v) is 2.18. The van der Waals surface area contributed by atoms with Crippen molar-refractivity contribution in [2.45, 2.75) is 44.4 Å². The summed E-state index contributed by atoms with van der Waals surface area (Å²) in [5, 5.41) is 0. The molecule has 0 amide bonds. The average molecular weight is 184 g/mol. The monoisotopic (exact) mass is 184 g/mol. The molecule has 1 heterocycles. The number of nitrogens with two attached hydrogens (primary N) is 1. The fourth-order valence-electron chi connectivity index (χ4n) is 2.18. The van der Waals surface area contributed by atoms with E-state index in [-0.39, 0.29) is 5.54 Å². The summed E-state index contributed by atoms with van der Waals surface area (Å²) >= 11 is 0. The number of morpholine rings is 1. The molecule has 0 radical (unpaired) electrons. The lowest BCUT2D eigenvalue weighted by molar-refractivity contribution is -0.0697. The third-order valence-electron chi connectivity index (χ3n) is 2.93. The van der Waals surface area contributed by atoms with Crippen LogP contribution in [0.1, 0.15) is 26.7 Å². The van der Waals surface area contributed by atoms with Gasteiger partial charge in [0.25, 0.3) is 0 Å². The summed E-state index contributed by atoms with van der Waals surface area (Å²) in [5.41, 5.74) is 6.24. The molecule has 0 spiro atoms. The van der Waals surface area contributed by atoms with Crippen molar-refractivity contribution in [1.82, 2.24) is 4.90 Å². The van der Waals surface area contributed by atoms with Crippen LogP contribution in [-0.2, 0) is 4.74 Å². The van der Waals surface area contributed by atoms with E-state index in [0.717, 1.165) is 19.6 Å². The largest absolute Gasteiger partial charge is 0.373 e. The van der Waals surface area contributed by atoms with Crippen molar-refractivity contribution in [2.24, 2.45) is 5.73 Å². The topological polar surface area (TPSA) is 38.5 Å². The lowest BCUT2D eigenvalue weighted by atomic mass is 10.2. The van der Waals surface area contributed by atoms with Gasteiger partial charge in [-0.15, -0.1) is 0 Å². The third kappa shape index (κ3) is 2.42. The van der Waals surface area contributed by atoms with Crippen LogP contribution < -0.4 is 5.73 Å². The molecular weight excluding hydrogens is 164 g/mol. The summed E-state index contributed by atoms with van der Waals surface area (Å²) in [4.78, 5) is 2.45. The maximum absolute atomic E-state index is 6.09. The quantitative estimate of drug-likeness (QED) is 0.682. The van der Waals surface area contributed by atoms with E-state index in [0.29, 0.717) is 12.2 Å². The summed E-state index contributed by atoms with van der Waals surface area (Å²) < 4.78 is 5.67. The highest BCUT2D eigenvalue weighted by Crippen LogP contribution is 2.33. The van der Waals surface area contributed by atoms with Crippen LogP contribution >= 0.6 is 0 Å². The molecule has 2 unspecified atom stereocenters. The van der Waals surface area contributed by atoms with E-state index in [1.54, 1.807) is 0 Å². The lowest BCUT2D eigenvalue weighted by Gasteiger charge is -2.36. The zero-order valence-corrected chi connectivity index (χ0v) is 8.62. The van der Waals surface area contributed by atoms with E-state index in [1.165, 1.54) is 12.8 Å². The maximum atomic E-state index is 6.09. The van der Waals surface area contributed by atoms with Gasteiger partial charge in [-0.2, -0.15) is 0 Å². The first-order valence-electron chi connectivity index (χ1n) is 5.24. The Morgan fingerprint density at radius 2 is 1.85 bits per heavy atom. The third-order valence-corrected chi connectivity index (χ3v) is 2.93. The summed E-state index contributed by atoms with van der Waals surface area (Å²) in [6.07, 6.45) is 3.14. The van der Waals surface area contributed by atoms with Crippen LogP contribution in [0.5, 0.6) is 0 Å². The highest BCUT2D eigenvalue weighted by Gasteiger charge is 2.40. The molecule has 2 aliphatic rings. The van der Waals surface area contributed by atoms with Gasteiger partial charge < -0.3 is 10.5 Å². The molecular formula is C10H20N2O. The van der Waals surface area contributed by atoms with Gasteiger partial charge in [-0.05, 0) is 26.7 Å². The van der Waals surface area contributed by atoms with E-state index in [4.69, 9.17) is 10.5 Å². The van der Waals surface area contributed by atoms with Crippen molar-refractivity contribution < 1.29 is 4.74 Å². The second-order valence-corrected chi connectivity index (χ2v) is 4.81. The van der Waals surface area contributed by atoms with E-state index in [2.05, 4.69) is 18.7 Å². The molecule has 1 saturated carbocycles. The minimum atomic E-state index is 0.150. The Morgan fingerprint density at radius 3 is 2.31 bits per heavy atom. The van der Waals surface area contributed by atoms with Crippen LogP contribution in [0.15, 0.2) is 0 Å². The molecule has 2 fully saturated rings. The van der Waals surface area contributed by atoms with Gasteiger partial charge in [0, 0.05) is 25.2 Å². The lowest BCUT2D eigenvalue weighted by Crippen LogP contribution is -2.50. The zero-order chi connectivity index (χ0) is 9.47. The van der Waals surface area contributed by atoms with Crippen molar-refractivity contribution in [3.05, 3.63) is 0 Å². The molecule has 0 aromatic rings. The predicted octanol–water partition coefficient (Wildman–Crippen LogP) is 0.587. The summed E-state index contributed by atoms with van der Waals surface area (Å²) in [5.74, 6) is 0.